The van der Waals surface area contributed by atoms with Crippen molar-refractivity contribution < 1.29 is 14.2 Å². The lowest BCUT2D eigenvalue weighted by molar-refractivity contribution is -0.0528. The third-order valence-corrected chi connectivity index (χ3v) is 5.78. The van der Waals surface area contributed by atoms with E-state index in [4.69, 9.17) is 14.2 Å². The topological polar surface area (TPSA) is 93.4 Å². The lowest BCUT2D eigenvalue weighted by Crippen LogP contribution is -2.40. The molecule has 30 heavy (non-hydrogen) atoms. The summed E-state index contributed by atoms with van der Waals surface area (Å²) in [5.41, 5.74) is 0.489. The number of ether oxygens (including phenoxy) is 3. The Kier molecular flexibility index (Phi) is 6.60. The smallest absolute Gasteiger partial charge is 0.225 e. The SMILES string of the molecule is COc1cnc(N2CCC(OC3CCC(Oc4ccncc4C#N)CC3)CC2)nc1. The molecule has 1 aliphatic heterocycles. The van der Waals surface area contributed by atoms with Crippen LogP contribution < -0.4 is 14.4 Å². The molecule has 0 atom stereocenters. The Hall–Kier alpha value is -2.92. The number of hydrogen-bond donors (Lipinski definition) is 0. The van der Waals surface area contributed by atoms with Crippen LogP contribution in [-0.4, -0.2) is 53.5 Å². The third kappa shape index (κ3) is 4.97. The van der Waals surface area contributed by atoms with E-state index in [0.29, 0.717) is 17.1 Å². The molecule has 0 amide bonds. The first-order valence-electron chi connectivity index (χ1n) is 10.5. The van der Waals surface area contributed by atoms with E-state index in [9.17, 15) is 5.26 Å². The van der Waals surface area contributed by atoms with Crippen molar-refractivity contribution in [2.45, 2.75) is 56.8 Å². The minimum absolute atomic E-state index is 0.133. The number of piperidine rings is 1. The number of nitrogens with zero attached hydrogens (tertiary/aromatic N) is 5. The van der Waals surface area contributed by atoms with Crippen LogP contribution in [0.4, 0.5) is 5.95 Å². The van der Waals surface area contributed by atoms with Gasteiger partial charge >= 0.3 is 0 Å². The molecule has 2 aromatic heterocycles. The second-order valence-electron chi connectivity index (χ2n) is 7.75. The fourth-order valence-corrected chi connectivity index (χ4v) is 4.08. The second-order valence-corrected chi connectivity index (χ2v) is 7.75. The predicted molar refractivity (Wildman–Crippen MR) is 111 cm³/mol. The fourth-order valence-electron chi connectivity index (χ4n) is 4.08. The van der Waals surface area contributed by atoms with E-state index in [-0.39, 0.29) is 18.3 Å². The van der Waals surface area contributed by atoms with Gasteiger partial charge in [0.25, 0.3) is 0 Å². The number of pyridine rings is 1. The monoisotopic (exact) mass is 409 g/mol. The minimum atomic E-state index is 0.133. The van der Waals surface area contributed by atoms with E-state index in [2.05, 4.69) is 25.9 Å². The molecule has 4 rings (SSSR count). The summed E-state index contributed by atoms with van der Waals surface area (Å²) in [7, 11) is 1.61. The summed E-state index contributed by atoms with van der Waals surface area (Å²) in [5.74, 6) is 2.05. The third-order valence-electron chi connectivity index (χ3n) is 5.78. The summed E-state index contributed by atoms with van der Waals surface area (Å²) in [6.45, 7) is 1.79. The van der Waals surface area contributed by atoms with Crippen LogP contribution in [0.15, 0.2) is 30.9 Å². The molecule has 1 saturated heterocycles. The number of rotatable bonds is 6. The molecule has 2 fully saturated rings. The van der Waals surface area contributed by atoms with E-state index in [0.717, 1.165) is 57.6 Å². The molecular weight excluding hydrogens is 382 g/mol. The van der Waals surface area contributed by atoms with E-state index in [1.54, 1.807) is 38.0 Å². The maximum absolute atomic E-state index is 9.18. The van der Waals surface area contributed by atoms with E-state index in [1.165, 1.54) is 0 Å². The van der Waals surface area contributed by atoms with Gasteiger partial charge < -0.3 is 19.1 Å². The molecule has 8 nitrogen and oxygen atoms in total. The first-order valence-corrected chi connectivity index (χ1v) is 10.5. The number of methoxy groups -OCH3 is 1. The van der Waals surface area contributed by atoms with E-state index < -0.39 is 0 Å². The largest absolute Gasteiger partial charge is 0.494 e. The zero-order chi connectivity index (χ0) is 20.8. The highest BCUT2D eigenvalue weighted by atomic mass is 16.5. The van der Waals surface area contributed by atoms with Gasteiger partial charge in [-0.05, 0) is 44.6 Å². The fraction of sp³-hybridized carbons (Fsp3) is 0.545. The molecule has 0 spiro atoms. The molecule has 2 aliphatic rings. The lowest BCUT2D eigenvalue weighted by atomic mass is 9.94. The van der Waals surface area contributed by atoms with Crippen molar-refractivity contribution >= 4 is 5.95 Å². The normalized spacial score (nSPS) is 22.3. The van der Waals surface area contributed by atoms with Gasteiger partial charge in [0.1, 0.15) is 17.4 Å². The van der Waals surface area contributed by atoms with Gasteiger partial charge in [-0.2, -0.15) is 5.26 Å². The summed E-state index contributed by atoms with van der Waals surface area (Å²) in [5, 5.41) is 9.18. The summed E-state index contributed by atoms with van der Waals surface area (Å²) in [4.78, 5) is 14.9. The Morgan fingerprint density at radius 1 is 0.967 bits per heavy atom. The van der Waals surface area contributed by atoms with Crippen LogP contribution in [-0.2, 0) is 4.74 Å². The molecule has 8 heteroatoms. The molecule has 1 saturated carbocycles. The highest BCUT2D eigenvalue weighted by Gasteiger charge is 2.28. The van der Waals surface area contributed by atoms with Crippen LogP contribution >= 0.6 is 0 Å². The number of hydrogen-bond acceptors (Lipinski definition) is 8. The van der Waals surface area contributed by atoms with Gasteiger partial charge in [0.2, 0.25) is 5.95 Å². The molecule has 3 heterocycles. The molecular formula is C22H27N5O3. The standard InChI is InChI=1S/C22H27N5O3/c1-28-20-14-25-22(26-15-20)27-10-7-19(8-11-27)29-17-2-4-18(5-3-17)30-21-6-9-24-13-16(21)12-23/h6,9,13-15,17-19H,2-5,7-8,10-11H2,1H3. The van der Waals surface area contributed by atoms with Crippen LogP contribution in [0.25, 0.3) is 0 Å². The van der Waals surface area contributed by atoms with Crippen molar-refractivity contribution in [2.24, 2.45) is 0 Å². The van der Waals surface area contributed by atoms with Gasteiger partial charge in [0.15, 0.2) is 5.75 Å². The Labute approximate surface area is 176 Å². The Balaban J connectivity index is 1.20. The van der Waals surface area contributed by atoms with Crippen molar-refractivity contribution in [2.75, 3.05) is 25.1 Å². The van der Waals surface area contributed by atoms with Gasteiger partial charge in [0, 0.05) is 25.5 Å². The average Bonchev–Trinajstić information content (AvgIpc) is 2.81. The van der Waals surface area contributed by atoms with E-state index >= 15 is 0 Å². The Morgan fingerprint density at radius 3 is 2.30 bits per heavy atom. The maximum atomic E-state index is 9.18. The van der Waals surface area contributed by atoms with Crippen molar-refractivity contribution in [3.63, 3.8) is 0 Å². The average molecular weight is 409 g/mol. The molecule has 0 unspecified atom stereocenters. The number of aromatic nitrogens is 3. The van der Waals surface area contributed by atoms with Crippen LogP contribution in [0.5, 0.6) is 11.5 Å². The molecule has 158 valence electrons. The maximum Gasteiger partial charge on any atom is 0.225 e. The summed E-state index contributed by atoms with van der Waals surface area (Å²) < 4.78 is 17.6. The van der Waals surface area contributed by atoms with Crippen LogP contribution in [0.1, 0.15) is 44.1 Å². The van der Waals surface area contributed by atoms with Crippen molar-refractivity contribution in [3.8, 4) is 17.6 Å². The Bertz CT molecular complexity index is 854. The molecule has 0 N–H and O–H groups in total. The highest BCUT2D eigenvalue weighted by molar-refractivity contribution is 5.40. The predicted octanol–water partition coefficient (Wildman–Crippen LogP) is 3.13. The summed E-state index contributed by atoms with van der Waals surface area (Å²) in [6.07, 6.45) is 13.1. The summed E-state index contributed by atoms with van der Waals surface area (Å²) in [6, 6.07) is 3.90. The number of anilines is 1. The van der Waals surface area contributed by atoms with E-state index in [1.807, 2.05) is 0 Å². The van der Waals surface area contributed by atoms with Gasteiger partial charge in [-0.15, -0.1) is 0 Å². The lowest BCUT2D eigenvalue weighted by Gasteiger charge is -2.36. The summed E-state index contributed by atoms with van der Waals surface area (Å²) >= 11 is 0. The molecule has 1 aliphatic carbocycles. The first-order chi connectivity index (χ1) is 14.7. The van der Waals surface area contributed by atoms with Crippen molar-refractivity contribution in [1.82, 2.24) is 15.0 Å². The van der Waals surface area contributed by atoms with Gasteiger partial charge in [-0.25, -0.2) is 9.97 Å². The minimum Gasteiger partial charge on any atom is -0.494 e. The van der Waals surface area contributed by atoms with Crippen LogP contribution in [0.2, 0.25) is 0 Å². The van der Waals surface area contributed by atoms with Crippen molar-refractivity contribution in [3.05, 3.63) is 36.4 Å². The highest BCUT2D eigenvalue weighted by Crippen LogP contribution is 2.29. The zero-order valence-corrected chi connectivity index (χ0v) is 17.2. The number of nitriles is 1. The first kappa shape index (κ1) is 20.4. The quantitative estimate of drug-likeness (QED) is 0.718. The van der Waals surface area contributed by atoms with Crippen LogP contribution in [0, 0.1) is 11.3 Å². The molecule has 2 aromatic rings. The second kappa shape index (κ2) is 9.72. The van der Waals surface area contributed by atoms with Crippen molar-refractivity contribution in [1.29, 1.82) is 5.26 Å². The molecule has 0 aromatic carbocycles. The van der Waals surface area contributed by atoms with Crippen LogP contribution in [0.3, 0.4) is 0 Å². The van der Waals surface area contributed by atoms with Gasteiger partial charge in [0.05, 0.1) is 37.8 Å². The van der Waals surface area contributed by atoms with Gasteiger partial charge in [-0.1, -0.05) is 0 Å². The molecule has 0 bridgehead atoms. The zero-order valence-electron chi connectivity index (χ0n) is 17.2. The Morgan fingerprint density at radius 2 is 1.63 bits per heavy atom. The molecule has 0 radical (unpaired) electrons. The van der Waals surface area contributed by atoms with Gasteiger partial charge in [-0.3, -0.25) is 4.98 Å².